The van der Waals surface area contributed by atoms with Crippen molar-refractivity contribution in [2.45, 2.75) is 65.2 Å². The van der Waals surface area contributed by atoms with Gasteiger partial charge in [0.2, 0.25) is 0 Å². The molecule has 1 nitrogen and oxygen atoms in total. The van der Waals surface area contributed by atoms with Crippen LogP contribution in [0.2, 0.25) is 0 Å². The molecule has 1 unspecified atom stereocenters. The zero-order valence-electron chi connectivity index (χ0n) is 10.6. The zero-order chi connectivity index (χ0) is 11.4. The molecule has 1 atom stereocenters. The zero-order valence-corrected chi connectivity index (χ0v) is 10.6. The SMILES string of the molecule is C=COCC(CC)CCCCCCCC. The highest BCUT2D eigenvalue weighted by molar-refractivity contribution is 4.59. The van der Waals surface area contributed by atoms with Gasteiger partial charge in [0, 0.05) is 0 Å². The minimum Gasteiger partial charge on any atom is -0.502 e. The maximum absolute atomic E-state index is 5.25. The van der Waals surface area contributed by atoms with E-state index in [1.165, 1.54) is 51.4 Å². The molecular formula is C14H28O. The van der Waals surface area contributed by atoms with E-state index in [1.54, 1.807) is 6.26 Å². The second-order valence-corrected chi connectivity index (χ2v) is 4.33. The van der Waals surface area contributed by atoms with Gasteiger partial charge in [-0.2, -0.15) is 0 Å². The Morgan fingerprint density at radius 2 is 1.73 bits per heavy atom. The smallest absolute Gasteiger partial charge is 0.0901 e. The molecule has 0 N–H and O–H groups in total. The average molecular weight is 212 g/mol. The molecule has 0 aliphatic rings. The molecule has 0 amide bonds. The van der Waals surface area contributed by atoms with Crippen molar-refractivity contribution in [2.75, 3.05) is 6.61 Å². The Kier molecular flexibility index (Phi) is 11.3. The second-order valence-electron chi connectivity index (χ2n) is 4.33. The molecule has 0 aromatic rings. The highest BCUT2D eigenvalue weighted by Crippen LogP contribution is 2.15. The lowest BCUT2D eigenvalue weighted by atomic mass is 9.99. The molecule has 0 fully saturated rings. The fourth-order valence-corrected chi connectivity index (χ4v) is 1.82. The molecule has 0 rings (SSSR count). The van der Waals surface area contributed by atoms with E-state index in [0.29, 0.717) is 0 Å². The Morgan fingerprint density at radius 3 is 2.33 bits per heavy atom. The van der Waals surface area contributed by atoms with Crippen LogP contribution in [0.15, 0.2) is 12.8 Å². The van der Waals surface area contributed by atoms with Gasteiger partial charge >= 0.3 is 0 Å². The van der Waals surface area contributed by atoms with Crippen molar-refractivity contribution in [1.82, 2.24) is 0 Å². The molecule has 0 aromatic carbocycles. The standard InChI is InChI=1S/C14H28O/c1-4-7-8-9-10-11-12-14(5-2)13-15-6-3/h6,14H,3-5,7-13H2,1-2H3. The summed E-state index contributed by atoms with van der Waals surface area (Å²) >= 11 is 0. The highest BCUT2D eigenvalue weighted by atomic mass is 16.5. The molecule has 0 bridgehead atoms. The van der Waals surface area contributed by atoms with Crippen LogP contribution in [0.1, 0.15) is 65.2 Å². The number of unbranched alkanes of at least 4 members (excludes halogenated alkanes) is 5. The van der Waals surface area contributed by atoms with Crippen LogP contribution in [0.4, 0.5) is 0 Å². The Balaban J connectivity index is 3.26. The first kappa shape index (κ1) is 14.5. The highest BCUT2D eigenvalue weighted by Gasteiger charge is 2.05. The summed E-state index contributed by atoms with van der Waals surface area (Å²) in [5, 5.41) is 0. The fourth-order valence-electron chi connectivity index (χ4n) is 1.82. The molecule has 90 valence electrons. The monoisotopic (exact) mass is 212 g/mol. The van der Waals surface area contributed by atoms with Crippen LogP contribution in [0.5, 0.6) is 0 Å². The Bertz CT molecular complexity index is 131. The molecule has 0 radical (unpaired) electrons. The van der Waals surface area contributed by atoms with Crippen LogP contribution >= 0.6 is 0 Å². The lowest BCUT2D eigenvalue weighted by molar-refractivity contribution is 0.183. The van der Waals surface area contributed by atoms with E-state index in [1.807, 2.05) is 0 Å². The predicted octanol–water partition coefficient (Wildman–Crippen LogP) is 4.92. The van der Waals surface area contributed by atoms with Gasteiger partial charge in [0.1, 0.15) is 0 Å². The van der Waals surface area contributed by atoms with Gasteiger partial charge in [-0.05, 0) is 12.3 Å². The molecule has 15 heavy (non-hydrogen) atoms. The predicted molar refractivity (Wildman–Crippen MR) is 67.9 cm³/mol. The minimum absolute atomic E-state index is 0.731. The van der Waals surface area contributed by atoms with Crippen LogP contribution in [-0.4, -0.2) is 6.61 Å². The number of rotatable bonds is 11. The molecular weight excluding hydrogens is 184 g/mol. The number of ether oxygens (including phenoxy) is 1. The van der Waals surface area contributed by atoms with Crippen LogP contribution in [-0.2, 0) is 4.74 Å². The van der Waals surface area contributed by atoms with E-state index in [2.05, 4.69) is 20.4 Å². The maximum Gasteiger partial charge on any atom is 0.0901 e. The molecule has 1 heteroatoms. The van der Waals surface area contributed by atoms with Crippen molar-refractivity contribution in [2.24, 2.45) is 5.92 Å². The summed E-state index contributed by atoms with van der Waals surface area (Å²) in [5.41, 5.74) is 0. The van der Waals surface area contributed by atoms with Gasteiger partial charge in [-0.25, -0.2) is 0 Å². The minimum atomic E-state index is 0.731. The van der Waals surface area contributed by atoms with E-state index in [4.69, 9.17) is 4.74 Å². The summed E-state index contributed by atoms with van der Waals surface area (Å²) in [6, 6.07) is 0. The van der Waals surface area contributed by atoms with E-state index in [0.717, 1.165) is 12.5 Å². The van der Waals surface area contributed by atoms with Crippen molar-refractivity contribution in [3.8, 4) is 0 Å². The largest absolute Gasteiger partial charge is 0.502 e. The van der Waals surface area contributed by atoms with Crippen LogP contribution < -0.4 is 0 Å². The summed E-state index contributed by atoms with van der Waals surface area (Å²) in [7, 11) is 0. The van der Waals surface area contributed by atoms with Crippen molar-refractivity contribution in [3.63, 3.8) is 0 Å². The average Bonchev–Trinajstić information content (AvgIpc) is 2.27. The van der Waals surface area contributed by atoms with Crippen LogP contribution in [0, 0.1) is 5.92 Å². The van der Waals surface area contributed by atoms with E-state index < -0.39 is 0 Å². The second kappa shape index (κ2) is 11.6. The summed E-state index contributed by atoms with van der Waals surface area (Å²) in [6.45, 7) is 8.94. The summed E-state index contributed by atoms with van der Waals surface area (Å²) in [4.78, 5) is 0. The fraction of sp³-hybridized carbons (Fsp3) is 0.857. The van der Waals surface area contributed by atoms with Gasteiger partial charge in [0.05, 0.1) is 12.9 Å². The van der Waals surface area contributed by atoms with E-state index in [-0.39, 0.29) is 0 Å². The summed E-state index contributed by atoms with van der Waals surface area (Å²) < 4.78 is 5.25. The topological polar surface area (TPSA) is 9.23 Å². The van der Waals surface area contributed by atoms with E-state index in [9.17, 15) is 0 Å². The van der Waals surface area contributed by atoms with Gasteiger partial charge in [-0.1, -0.05) is 65.4 Å². The Hall–Kier alpha value is -0.460. The first-order valence-electron chi connectivity index (χ1n) is 6.57. The molecule has 0 spiro atoms. The van der Waals surface area contributed by atoms with Gasteiger partial charge < -0.3 is 4.74 Å². The first-order chi connectivity index (χ1) is 7.35. The third-order valence-electron chi connectivity index (χ3n) is 2.99. The Morgan fingerprint density at radius 1 is 1.07 bits per heavy atom. The molecule has 0 saturated heterocycles. The van der Waals surface area contributed by atoms with Crippen molar-refractivity contribution in [3.05, 3.63) is 12.8 Å². The van der Waals surface area contributed by atoms with Crippen LogP contribution in [0.25, 0.3) is 0 Å². The Labute approximate surface area is 95.9 Å². The van der Waals surface area contributed by atoms with Crippen LogP contribution in [0.3, 0.4) is 0 Å². The maximum atomic E-state index is 5.25. The van der Waals surface area contributed by atoms with E-state index >= 15 is 0 Å². The molecule has 0 saturated carbocycles. The molecule has 0 heterocycles. The lowest BCUT2D eigenvalue weighted by Gasteiger charge is -2.13. The summed E-state index contributed by atoms with van der Waals surface area (Å²) in [6.07, 6.45) is 12.4. The van der Waals surface area contributed by atoms with Gasteiger partial charge in [0.15, 0.2) is 0 Å². The van der Waals surface area contributed by atoms with Gasteiger partial charge in [0.25, 0.3) is 0 Å². The van der Waals surface area contributed by atoms with Gasteiger partial charge in [-0.3, -0.25) is 0 Å². The van der Waals surface area contributed by atoms with Crippen molar-refractivity contribution >= 4 is 0 Å². The first-order valence-corrected chi connectivity index (χ1v) is 6.57. The third-order valence-corrected chi connectivity index (χ3v) is 2.99. The number of hydrogen-bond acceptors (Lipinski definition) is 1. The van der Waals surface area contributed by atoms with Crippen molar-refractivity contribution in [1.29, 1.82) is 0 Å². The normalized spacial score (nSPS) is 12.4. The molecule has 0 aliphatic heterocycles. The molecule has 0 aromatic heterocycles. The third kappa shape index (κ3) is 9.84. The summed E-state index contributed by atoms with van der Waals surface area (Å²) in [5.74, 6) is 0.731. The van der Waals surface area contributed by atoms with Gasteiger partial charge in [-0.15, -0.1) is 0 Å². The number of hydrogen-bond donors (Lipinski definition) is 0. The molecule has 0 aliphatic carbocycles. The van der Waals surface area contributed by atoms with Crippen molar-refractivity contribution < 1.29 is 4.74 Å². The quantitative estimate of drug-likeness (QED) is 0.349. The lowest BCUT2D eigenvalue weighted by Crippen LogP contribution is -2.06.